The highest BCUT2D eigenvalue weighted by Crippen LogP contribution is 2.23. The number of hydrogen-bond donors (Lipinski definition) is 1. The molecule has 3 rings (SSSR count). The van der Waals surface area contributed by atoms with E-state index in [9.17, 15) is 13.2 Å². The molecule has 0 bridgehead atoms. The molecule has 0 saturated carbocycles. The Morgan fingerprint density at radius 3 is 2.45 bits per heavy atom. The predicted octanol–water partition coefficient (Wildman–Crippen LogP) is 3.27. The van der Waals surface area contributed by atoms with Gasteiger partial charge in [-0.1, -0.05) is 30.3 Å². The Hall–Kier alpha value is -3.19. The normalized spacial score (nSPS) is 11.1. The molecule has 0 radical (unpaired) electrons. The van der Waals surface area contributed by atoms with Crippen LogP contribution in [0.2, 0.25) is 0 Å². The molecule has 1 amide bonds. The van der Waals surface area contributed by atoms with Gasteiger partial charge in [0.05, 0.1) is 10.6 Å². The van der Waals surface area contributed by atoms with Crippen LogP contribution in [0.4, 0.5) is 5.69 Å². The van der Waals surface area contributed by atoms with E-state index in [1.54, 1.807) is 49.5 Å². The molecule has 0 aliphatic carbocycles. The van der Waals surface area contributed by atoms with Gasteiger partial charge in [0.15, 0.2) is 0 Å². The summed E-state index contributed by atoms with van der Waals surface area (Å²) in [6.07, 6.45) is 2.31. The average Bonchev–Trinajstić information content (AvgIpc) is 2.75. The van der Waals surface area contributed by atoms with Gasteiger partial charge in [-0.3, -0.25) is 14.1 Å². The van der Waals surface area contributed by atoms with Crippen LogP contribution >= 0.6 is 0 Å². The third kappa shape index (κ3) is 5.00. The van der Waals surface area contributed by atoms with Crippen LogP contribution in [-0.4, -0.2) is 32.4 Å². The molecule has 0 fully saturated rings. The predicted molar refractivity (Wildman–Crippen MR) is 113 cm³/mol. The molecule has 0 spiro atoms. The van der Waals surface area contributed by atoms with Crippen molar-refractivity contribution in [3.05, 3.63) is 90.3 Å². The molecule has 1 heterocycles. The van der Waals surface area contributed by atoms with Gasteiger partial charge in [-0.25, -0.2) is 8.42 Å². The summed E-state index contributed by atoms with van der Waals surface area (Å²) in [5.41, 5.74) is 1.77. The number of para-hydroxylation sites is 1. The molecule has 150 valence electrons. The van der Waals surface area contributed by atoms with Gasteiger partial charge in [-0.2, -0.15) is 0 Å². The summed E-state index contributed by atoms with van der Waals surface area (Å²) in [4.78, 5) is 16.8. The summed E-state index contributed by atoms with van der Waals surface area (Å²) in [6.45, 7) is 2.48. The van der Waals surface area contributed by atoms with Gasteiger partial charge in [0, 0.05) is 37.0 Å². The maximum Gasteiger partial charge on any atom is 0.264 e. The fraction of sp³-hybridized carbons (Fsp3) is 0.182. The lowest BCUT2D eigenvalue weighted by molar-refractivity contribution is 0.0954. The Bertz CT molecular complexity index is 1050. The molecule has 1 aromatic heterocycles. The van der Waals surface area contributed by atoms with Crippen molar-refractivity contribution in [3.8, 4) is 0 Å². The highest BCUT2D eigenvalue weighted by atomic mass is 32.2. The van der Waals surface area contributed by atoms with Gasteiger partial charge >= 0.3 is 0 Å². The van der Waals surface area contributed by atoms with Gasteiger partial charge in [0.25, 0.3) is 15.9 Å². The van der Waals surface area contributed by atoms with Gasteiger partial charge in [-0.15, -0.1) is 0 Å². The zero-order chi connectivity index (χ0) is 20.7. The summed E-state index contributed by atoms with van der Waals surface area (Å²) >= 11 is 0. The average molecular weight is 410 g/mol. The molecule has 29 heavy (non-hydrogen) atoms. The molecule has 0 atom stereocenters. The fourth-order valence-corrected chi connectivity index (χ4v) is 4.48. The molecular weight excluding hydrogens is 386 g/mol. The van der Waals surface area contributed by atoms with Gasteiger partial charge in [-0.05, 0) is 49.4 Å². The highest BCUT2D eigenvalue weighted by molar-refractivity contribution is 7.92. The van der Waals surface area contributed by atoms with E-state index >= 15 is 0 Å². The van der Waals surface area contributed by atoms with Crippen LogP contribution in [0.15, 0.2) is 83.9 Å². The molecule has 1 N–H and O–H groups in total. The molecule has 6 nitrogen and oxygen atoms in total. The second-order valence-electron chi connectivity index (χ2n) is 6.36. The van der Waals surface area contributed by atoms with E-state index in [2.05, 4.69) is 10.3 Å². The number of pyridine rings is 1. The summed E-state index contributed by atoms with van der Waals surface area (Å²) in [6, 6.07) is 20.6. The van der Waals surface area contributed by atoms with E-state index in [1.165, 1.54) is 16.4 Å². The van der Waals surface area contributed by atoms with Crippen LogP contribution in [0.5, 0.6) is 0 Å². The lowest BCUT2D eigenvalue weighted by Gasteiger charge is -2.23. The second kappa shape index (κ2) is 9.34. The first-order valence-corrected chi connectivity index (χ1v) is 10.8. The highest BCUT2D eigenvalue weighted by Gasteiger charge is 2.24. The van der Waals surface area contributed by atoms with Crippen molar-refractivity contribution in [2.75, 3.05) is 17.4 Å². The minimum Gasteiger partial charge on any atom is -0.352 e. The van der Waals surface area contributed by atoms with Crippen molar-refractivity contribution in [2.24, 2.45) is 0 Å². The molecule has 2 aromatic carbocycles. The Labute approximate surface area is 171 Å². The van der Waals surface area contributed by atoms with E-state index in [1.807, 2.05) is 24.3 Å². The van der Waals surface area contributed by atoms with E-state index < -0.39 is 10.0 Å². The number of benzene rings is 2. The lowest BCUT2D eigenvalue weighted by Crippen LogP contribution is -2.31. The molecule has 3 aromatic rings. The van der Waals surface area contributed by atoms with E-state index in [-0.39, 0.29) is 17.3 Å². The standard InChI is InChI=1S/C22H23N3O3S/c1-2-25(20-11-4-3-5-12-20)29(27,28)21-13-8-9-18(17-21)22(26)24-16-14-19-10-6-7-15-23-19/h3-13,15,17H,2,14,16H2,1H3,(H,24,26). The van der Waals surface area contributed by atoms with Crippen LogP contribution in [0, 0.1) is 0 Å². The molecule has 0 aliphatic rings. The first kappa shape index (κ1) is 20.5. The monoisotopic (exact) mass is 409 g/mol. The third-order valence-electron chi connectivity index (χ3n) is 4.41. The van der Waals surface area contributed by atoms with Crippen LogP contribution in [0.1, 0.15) is 23.0 Å². The molecule has 0 aliphatic heterocycles. The molecule has 7 heteroatoms. The number of nitrogens with zero attached hydrogens (tertiary/aromatic N) is 2. The maximum absolute atomic E-state index is 13.1. The number of nitrogens with one attached hydrogen (secondary N) is 1. The van der Waals surface area contributed by atoms with Gasteiger partial charge in [0.2, 0.25) is 0 Å². The minimum atomic E-state index is -3.78. The van der Waals surface area contributed by atoms with Crippen LogP contribution < -0.4 is 9.62 Å². The van der Waals surface area contributed by atoms with Crippen LogP contribution in [0.3, 0.4) is 0 Å². The topological polar surface area (TPSA) is 79.4 Å². The first-order valence-electron chi connectivity index (χ1n) is 9.38. The van der Waals surface area contributed by atoms with E-state index in [4.69, 9.17) is 0 Å². The van der Waals surface area contributed by atoms with Crippen LogP contribution in [-0.2, 0) is 16.4 Å². The number of carbonyl (C=O) groups is 1. The first-order chi connectivity index (χ1) is 14.0. The summed E-state index contributed by atoms with van der Waals surface area (Å²) in [5, 5.41) is 2.81. The Morgan fingerprint density at radius 2 is 1.76 bits per heavy atom. The lowest BCUT2D eigenvalue weighted by atomic mass is 10.2. The van der Waals surface area contributed by atoms with Crippen LogP contribution in [0.25, 0.3) is 0 Å². The number of carbonyl (C=O) groups excluding carboxylic acids is 1. The molecular formula is C22H23N3O3S. The molecule has 0 saturated heterocycles. The van der Waals surface area contributed by atoms with Crippen molar-refractivity contribution >= 4 is 21.6 Å². The van der Waals surface area contributed by atoms with Crippen molar-refractivity contribution in [1.29, 1.82) is 0 Å². The zero-order valence-corrected chi connectivity index (χ0v) is 17.0. The number of sulfonamides is 1. The van der Waals surface area contributed by atoms with Gasteiger partial charge < -0.3 is 5.32 Å². The van der Waals surface area contributed by atoms with Gasteiger partial charge in [0.1, 0.15) is 0 Å². The van der Waals surface area contributed by atoms with E-state index in [0.29, 0.717) is 24.2 Å². The third-order valence-corrected chi connectivity index (χ3v) is 6.31. The summed E-state index contributed by atoms with van der Waals surface area (Å²) < 4.78 is 27.6. The quantitative estimate of drug-likeness (QED) is 0.619. The van der Waals surface area contributed by atoms with E-state index in [0.717, 1.165) is 5.69 Å². The van der Waals surface area contributed by atoms with Crippen molar-refractivity contribution < 1.29 is 13.2 Å². The largest absolute Gasteiger partial charge is 0.352 e. The van der Waals surface area contributed by atoms with Crippen molar-refractivity contribution in [2.45, 2.75) is 18.2 Å². The maximum atomic E-state index is 13.1. The van der Waals surface area contributed by atoms with Crippen molar-refractivity contribution in [1.82, 2.24) is 10.3 Å². The summed E-state index contributed by atoms with van der Waals surface area (Å²) in [5.74, 6) is -0.319. The van der Waals surface area contributed by atoms with Crippen molar-refractivity contribution in [3.63, 3.8) is 0 Å². The summed E-state index contributed by atoms with van der Waals surface area (Å²) in [7, 11) is -3.78. The number of anilines is 1. The Kier molecular flexibility index (Phi) is 6.61. The SMILES string of the molecule is CCN(c1ccccc1)S(=O)(=O)c1cccc(C(=O)NCCc2ccccn2)c1. The number of hydrogen-bond acceptors (Lipinski definition) is 4. The number of aromatic nitrogens is 1. The Morgan fingerprint density at radius 1 is 1.00 bits per heavy atom. The zero-order valence-electron chi connectivity index (χ0n) is 16.2. The second-order valence-corrected chi connectivity index (χ2v) is 8.22. The Balaban J connectivity index is 1.74. The molecule has 0 unspecified atom stereocenters. The number of amides is 1. The number of rotatable bonds is 8. The minimum absolute atomic E-state index is 0.0839. The fourth-order valence-electron chi connectivity index (χ4n) is 2.96. The smallest absolute Gasteiger partial charge is 0.264 e.